The summed E-state index contributed by atoms with van der Waals surface area (Å²) in [5, 5.41) is 3.84. The van der Waals surface area contributed by atoms with Crippen molar-refractivity contribution < 1.29 is 18.0 Å². The molecule has 4 aromatic carbocycles. The molecule has 45 heavy (non-hydrogen) atoms. The molecule has 0 aromatic heterocycles. The quantitative estimate of drug-likeness (QED) is 0.169. The summed E-state index contributed by atoms with van der Waals surface area (Å²) >= 11 is 19.4. The maximum Gasteiger partial charge on any atom is 0.264 e. The van der Waals surface area contributed by atoms with Gasteiger partial charge in [-0.3, -0.25) is 13.9 Å². The van der Waals surface area contributed by atoms with E-state index < -0.39 is 34.4 Å². The summed E-state index contributed by atoms with van der Waals surface area (Å²) in [5.74, 6) is -1.04. The van der Waals surface area contributed by atoms with Crippen LogP contribution in [0.4, 0.5) is 5.69 Å². The molecule has 0 aliphatic rings. The number of carbonyl (C=O) groups excluding carboxylic acids is 2. The minimum atomic E-state index is -4.26. The fourth-order valence-corrected chi connectivity index (χ4v) is 7.05. The molecule has 11 heteroatoms. The molecule has 2 amide bonds. The van der Waals surface area contributed by atoms with Gasteiger partial charge < -0.3 is 10.2 Å². The van der Waals surface area contributed by atoms with Crippen molar-refractivity contribution in [2.24, 2.45) is 0 Å². The van der Waals surface area contributed by atoms with Crippen molar-refractivity contribution in [2.45, 2.75) is 50.7 Å². The number of sulfonamides is 1. The Morgan fingerprint density at radius 2 is 1.42 bits per heavy atom. The van der Waals surface area contributed by atoms with E-state index >= 15 is 0 Å². The number of rotatable bonds is 12. The van der Waals surface area contributed by atoms with Gasteiger partial charge in [0, 0.05) is 39.6 Å². The van der Waals surface area contributed by atoms with Gasteiger partial charge in [0.2, 0.25) is 11.8 Å². The number of amides is 2. The molecule has 0 aliphatic carbocycles. The van der Waals surface area contributed by atoms with E-state index in [1.807, 2.05) is 44.2 Å². The van der Waals surface area contributed by atoms with Gasteiger partial charge in [-0.15, -0.1) is 0 Å². The lowest BCUT2D eigenvalue weighted by atomic mass is 10.0. The van der Waals surface area contributed by atoms with Crippen molar-refractivity contribution in [1.29, 1.82) is 0 Å². The highest BCUT2D eigenvalue weighted by atomic mass is 35.5. The number of aryl methyl sites for hydroxylation is 1. The number of anilines is 1. The Hall–Kier alpha value is -3.56. The summed E-state index contributed by atoms with van der Waals surface area (Å²) in [5.41, 5.74) is 2.07. The second-order valence-electron chi connectivity index (χ2n) is 10.8. The molecular weight excluding hydrogens is 653 g/mol. The first-order chi connectivity index (χ1) is 21.4. The first kappa shape index (κ1) is 34.3. The second kappa shape index (κ2) is 15.1. The maximum atomic E-state index is 14.6. The van der Waals surface area contributed by atoms with Gasteiger partial charge in [-0.1, -0.05) is 95.5 Å². The smallest absolute Gasteiger partial charge is 0.264 e. The van der Waals surface area contributed by atoms with Crippen LogP contribution < -0.4 is 9.62 Å². The standard InChI is InChI=1S/C34H34Cl3N3O4S/c1-23(2)38-34(42)32(19-25-11-6-4-7-12-25)39(21-28-29(36)15-10-16-30(28)37)33(41)22-40(31-20-26(35)18-17-24(31)3)45(43,44)27-13-8-5-9-14-27/h4-18,20,23,32H,19,21-22H2,1-3H3,(H,38,42). The van der Waals surface area contributed by atoms with Gasteiger partial charge in [0.25, 0.3) is 10.0 Å². The Labute approximate surface area is 279 Å². The van der Waals surface area contributed by atoms with Crippen LogP contribution >= 0.6 is 34.8 Å². The van der Waals surface area contributed by atoms with Crippen LogP contribution in [0.5, 0.6) is 0 Å². The summed E-state index contributed by atoms with van der Waals surface area (Å²) in [6.07, 6.45) is 0.162. The zero-order valence-corrected chi connectivity index (χ0v) is 28.2. The third-order valence-electron chi connectivity index (χ3n) is 7.14. The Balaban J connectivity index is 1.86. The van der Waals surface area contributed by atoms with Crippen LogP contribution in [0.1, 0.15) is 30.5 Å². The van der Waals surface area contributed by atoms with Crippen LogP contribution in [0.2, 0.25) is 15.1 Å². The van der Waals surface area contributed by atoms with Gasteiger partial charge in [-0.2, -0.15) is 0 Å². The number of nitrogens with zero attached hydrogens (tertiary/aromatic N) is 2. The van der Waals surface area contributed by atoms with Crippen molar-refractivity contribution in [2.75, 3.05) is 10.8 Å². The molecule has 0 bridgehead atoms. The van der Waals surface area contributed by atoms with E-state index in [0.29, 0.717) is 26.2 Å². The lowest BCUT2D eigenvalue weighted by molar-refractivity contribution is -0.140. The van der Waals surface area contributed by atoms with Crippen LogP contribution in [0.25, 0.3) is 0 Å². The predicted octanol–water partition coefficient (Wildman–Crippen LogP) is 7.32. The molecule has 0 saturated carbocycles. The number of carbonyl (C=O) groups is 2. The highest BCUT2D eigenvalue weighted by Crippen LogP contribution is 2.31. The van der Waals surface area contributed by atoms with E-state index in [4.69, 9.17) is 34.8 Å². The fourth-order valence-electron chi connectivity index (χ4n) is 4.87. The first-order valence-electron chi connectivity index (χ1n) is 14.3. The Morgan fingerprint density at radius 3 is 2.02 bits per heavy atom. The number of benzene rings is 4. The molecule has 0 saturated heterocycles. The number of hydrogen-bond acceptors (Lipinski definition) is 4. The third kappa shape index (κ3) is 8.58. The van der Waals surface area contributed by atoms with E-state index in [1.54, 1.807) is 55.5 Å². The lowest BCUT2D eigenvalue weighted by Gasteiger charge is -2.34. The SMILES string of the molecule is Cc1ccc(Cl)cc1N(CC(=O)N(Cc1c(Cl)cccc1Cl)C(Cc1ccccc1)C(=O)NC(C)C)S(=O)(=O)c1ccccc1. The van der Waals surface area contributed by atoms with E-state index in [1.165, 1.54) is 23.1 Å². The zero-order chi connectivity index (χ0) is 32.7. The minimum absolute atomic E-state index is 0.00346. The number of halogens is 3. The van der Waals surface area contributed by atoms with E-state index in [2.05, 4.69) is 5.32 Å². The summed E-state index contributed by atoms with van der Waals surface area (Å²) < 4.78 is 29.3. The summed E-state index contributed by atoms with van der Waals surface area (Å²) in [7, 11) is -4.26. The molecule has 0 radical (unpaired) electrons. The van der Waals surface area contributed by atoms with Crippen LogP contribution in [-0.4, -0.2) is 43.8 Å². The molecule has 0 heterocycles. The van der Waals surface area contributed by atoms with Gasteiger partial charge in [0.05, 0.1) is 10.6 Å². The molecule has 1 atom stereocenters. The van der Waals surface area contributed by atoms with Gasteiger partial charge in [0.15, 0.2) is 0 Å². The zero-order valence-electron chi connectivity index (χ0n) is 25.1. The second-order valence-corrected chi connectivity index (χ2v) is 14.0. The van der Waals surface area contributed by atoms with Crippen molar-refractivity contribution >= 4 is 62.3 Å². The molecule has 7 nitrogen and oxygen atoms in total. The van der Waals surface area contributed by atoms with Gasteiger partial charge in [-0.25, -0.2) is 8.42 Å². The third-order valence-corrected chi connectivity index (χ3v) is 9.86. The fraction of sp³-hybridized carbons (Fsp3) is 0.235. The topological polar surface area (TPSA) is 86.8 Å². The Morgan fingerprint density at radius 1 is 0.822 bits per heavy atom. The number of nitrogens with one attached hydrogen (secondary N) is 1. The Kier molecular flexibility index (Phi) is 11.6. The molecule has 4 aromatic rings. The first-order valence-corrected chi connectivity index (χ1v) is 16.9. The Bertz CT molecular complexity index is 1730. The summed E-state index contributed by atoms with van der Waals surface area (Å²) in [6, 6.07) is 25.7. The highest BCUT2D eigenvalue weighted by molar-refractivity contribution is 7.92. The van der Waals surface area contributed by atoms with E-state index in [-0.39, 0.29) is 29.6 Å². The van der Waals surface area contributed by atoms with Gasteiger partial charge in [0.1, 0.15) is 12.6 Å². The molecule has 1 N–H and O–H groups in total. The minimum Gasteiger partial charge on any atom is -0.352 e. The van der Waals surface area contributed by atoms with Crippen LogP contribution in [0, 0.1) is 6.92 Å². The largest absolute Gasteiger partial charge is 0.352 e. The van der Waals surface area contributed by atoms with Crippen LogP contribution in [-0.2, 0) is 32.6 Å². The molecule has 0 spiro atoms. The molecule has 0 fully saturated rings. The monoisotopic (exact) mass is 685 g/mol. The van der Waals surface area contributed by atoms with Crippen molar-refractivity contribution in [3.05, 3.63) is 129 Å². The van der Waals surface area contributed by atoms with E-state index in [9.17, 15) is 18.0 Å². The highest BCUT2D eigenvalue weighted by Gasteiger charge is 2.35. The molecule has 1 unspecified atom stereocenters. The average Bonchev–Trinajstić information content (AvgIpc) is 3.00. The van der Waals surface area contributed by atoms with E-state index in [0.717, 1.165) is 9.87 Å². The average molecular weight is 687 g/mol. The van der Waals surface area contributed by atoms with Gasteiger partial charge >= 0.3 is 0 Å². The summed E-state index contributed by atoms with van der Waals surface area (Å²) in [6.45, 7) is 4.61. The molecule has 236 valence electrons. The maximum absolute atomic E-state index is 14.6. The molecule has 0 aliphatic heterocycles. The van der Waals surface area contributed by atoms with Crippen molar-refractivity contribution in [3.8, 4) is 0 Å². The molecule has 4 rings (SSSR count). The van der Waals surface area contributed by atoms with Gasteiger partial charge in [-0.05, 0) is 68.3 Å². The van der Waals surface area contributed by atoms with Crippen molar-refractivity contribution in [3.63, 3.8) is 0 Å². The normalized spacial score (nSPS) is 12.1. The van der Waals surface area contributed by atoms with Crippen LogP contribution in [0.15, 0.2) is 102 Å². The predicted molar refractivity (Wildman–Crippen MR) is 181 cm³/mol. The molecular formula is C34H34Cl3N3O4S. The lowest BCUT2D eigenvalue weighted by Crippen LogP contribution is -2.54. The summed E-state index contributed by atoms with van der Waals surface area (Å²) in [4.78, 5) is 29.7. The van der Waals surface area contributed by atoms with Crippen LogP contribution in [0.3, 0.4) is 0 Å². The number of hydrogen-bond donors (Lipinski definition) is 1. The van der Waals surface area contributed by atoms with Crippen molar-refractivity contribution in [1.82, 2.24) is 10.2 Å².